The molecule has 1 atom stereocenters. The lowest BCUT2D eigenvalue weighted by atomic mass is 10.0. The summed E-state index contributed by atoms with van der Waals surface area (Å²) < 4.78 is 50.2. The fraction of sp³-hybridized carbons (Fsp3) is 0.400. The van der Waals surface area contributed by atoms with E-state index in [2.05, 4.69) is 0 Å². The quantitative estimate of drug-likeness (QED) is 0.763. The molecule has 2 N–H and O–H groups in total. The van der Waals surface area contributed by atoms with Gasteiger partial charge in [-0.05, 0) is 37.1 Å². The van der Waals surface area contributed by atoms with Crippen LogP contribution >= 0.6 is 0 Å². The molecule has 5 heteroatoms. The number of benzene rings is 1. The molecule has 0 amide bonds. The second kappa shape index (κ2) is 4.18. The van der Waals surface area contributed by atoms with Crippen molar-refractivity contribution in [1.82, 2.24) is 0 Å². The van der Waals surface area contributed by atoms with Gasteiger partial charge in [-0.25, -0.2) is 4.39 Å². The highest BCUT2D eigenvalue weighted by molar-refractivity contribution is 5.31. The lowest BCUT2D eigenvalue weighted by Gasteiger charge is -2.14. The first-order chi connectivity index (χ1) is 6.80. The van der Waals surface area contributed by atoms with E-state index < -0.39 is 23.6 Å². The van der Waals surface area contributed by atoms with Crippen molar-refractivity contribution in [1.29, 1.82) is 0 Å². The molecule has 0 radical (unpaired) electrons. The molecule has 0 aliphatic rings. The van der Waals surface area contributed by atoms with Crippen LogP contribution in [0.5, 0.6) is 0 Å². The Kier molecular flexibility index (Phi) is 3.34. The number of alkyl halides is 3. The van der Waals surface area contributed by atoms with Gasteiger partial charge in [0.1, 0.15) is 5.82 Å². The Morgan fingerprint density at radius 2 is 1.93 bits per heavy atom. The zero-order valence-electron chi connectivity index (χ0n) is 8.11. The van der Waals surface area contributed by atoms with Crippen molar-refractivity contribution in [2.24, 2.45) is 5.73 Å². The smallest absolute Gasteiger partial charge is 0.328 e. The van der Waals surface area contributed by atoms with E-state index >= 15 is 0 Å². The van der Waals surface area contributed by atoms with Gasteiger partial charge >= 0.3 is 6.18 Å². The number of halogens is 4. The minimum atomic E-state index is -4.46. The van der Waals surface area contributed by atoms with Gasteiger partial charge in [0.2, 0.25) is 0 Å². The molecule has 84 valence electrons. The van der Waals surface area contributed by atoms with Crippen LogP contribution in [-0.4, -0.2) is 6.04 Å². The minimum absolute atomic E-state index is 0.00655. The molecule has 0 bridgehead atoms. The normalized spacial score (nSPS) is 14.0. The molecule has 1 rings (SSSR count). The second-order valence-corrected chi connectivity index (χ2v) is 3.48. The topological polar surface area (TPSA) is 26.0 Å². The zero-order valence-corrected chi connectivity index (χ0v) is 8.11. The lowest BCUT2D eigenvalue weighted by molar-refractivity contribution is -0.138. The van der Waals surface area contributed by atoms with Gasteiger partial charge in [0.15, 0.2) is 0 Å². The summed E-state index contributed by atoms with van der Waals surface area (Å²) in [5.41, 5.74) is 4.48. The maximum absolute atomic E-state index is 12.8. The second-order valence-electron chi connectivity index (χ2n) is 3.48. The van der Waals surface area contributed by atoms with Gasteiger partial charge in [-0.1, -0.05) is 0 Å². The summed E-state index contributed by atoms with van der Waals surface area (Å²) in [4.78, 5) is 0. The molecule has 0 saturated carbocycles. The van der Waals surface area contributed by atoms with Crippen LogP contribution in [-0.2, 0) is 12.6 Å². The SMILES string of the molecule is C[C@@H](N)Cc1cc(F)ccc1C(F)(F)F. The van der Waals surface area contributed by atoms with Crippen LogP contribution in [0.4, 0.5) is 17.6 Å². The van der Waals surface area contributed by atoms with E-state index in [1.807, 2.05) is 0 Å². The maximum atomic E-state index is 12.8. The van der Waals surface area contributed by atoms with E-state index in [4.69, 9.17) is 5.73 Å². The van der Waals surface area contributed by atoms with Crippen molar-refractivity contribution in [2.75, 3.05) is 0 Å². The first kappa shape index (κ1) is 12.0. The standard InChI is InChI=1S/C10H11F4N/c1-6(15)4-7-5-8(11)2-3-9(7)10(12,13)14/h2-3,5-6H,4,15H2,1H3/t6-/m1/s1. The van der Waals surface area contributed by atoms with E-state index in [9.17, 15) is 17.6 Å². The van der Waals surface area contributed by atoms with Crippen LogP contribution in [0.3, 0.4) is 0 Å². The van der Waals surface area contributed by atoms with Crippen molar-refractivity contribution in [3.63, 3.8) is 0 Å². The summed E-state index contributed by atoms with van der Waals surface area (Å²) >= 11 is 0. The third kappa shape index (κ3) is 3.20. The van der Waals surface area contributed by atoms with Crippen molar-refractivity contribution in [2.45, 2.75) is 25.6 Å². The Balaban J connectivity index is 3.15. The monoisotopic (exact) mass is 221 g/mol. The lowest BCUT2D eigenvalue weighted by Crippen LogP contribution is -2.20. The van der Waals surface area contributed by atoms with E-state index in [1.54, 1.807) is 6.92 Å². The average Bonchev–Trinajstić information content (AvgIpc) is 1.99. The fourth-order valence-corrected chi connectivity index (χ4v) is 1.35. The summed E-state index contributed by atoms with van der Waals surface area (Å²) in [5, 5.41) is 0. The molecule has 0 aliphatic carbocycles. The molecule has 1 aromatic rings. The Morgan fingerprint density at radius 1 is 1.33 bits per heavy atom. The van der Waals surface area contributed by atoms with Crippen LogP contribution in [0.15, 0.2) is 18.2 Å². The Hall–Kier alpha value is -1.10. The van der Waals surface area contributed by atoms with Crippen molar-refractivity contribution in [3.8, 4) is 0 Å². The van der Waals surface area contributed by atoms with Crippen LogP contribution in [0.25, 0.3) is 0 Å². The first-order valence-electron chi connectivity index (χ1n) is 4.42. The molecule has 15 heavy (non-hydrogen) atoms. The predicted molar refractivity (Wildman–Crippen MR) is 48.8 cm³/mol. The van der Waals surface area contributed by atoms with Crippen LogP contribution in [0.1, 0.15) is 18.1 Å². The highest BCUT2D eigenvalue weighted by atomic mass is 19.4. The fourth-order valence-electron chi connectivity index (χ4n) is 1.35. The number of hydrogen-bond acceptors (Lipinski definition) is 1. The molecular weight excluding hydrogens is 210 g/mol. The molecule has 0 unspecified atom stereocenters. The largest absolute Gasteiger partial charge is 0.416 e. The Bertz CT molecular complexity index is 344. The highest BCUT2D eigenvalue weighted by Gasteiger charge is 2.33. The third-order valence-corrected chi connectivity index (χ3v) is 1.91. The molecular formula is C10H11F4N. The van der Waals surface area contributed by atoms with Crippen molar-refractivity contribution >= 4 is 0 Å². The minimum Gasteiger partial charge on any atom is -0.328 e. The molecule has 0 spiro atoms. The molecule has 0 heterocycles. The predicted octanol–water partition coefficient (Wildman–Crippen LogP) is 2.73. The van der Waals surface area contributed by atoms with Gasteiger partial charge in [-0.2, -0.15) is 13.2 Å². The number of rotatable bonds is 2. The Labute approximate surface area is 84.9 Å². The van der Waals surface area contributed by atoms with Gasteiger partial charge in [0, 0.05) is 6.04 Å². The highest BCUT2D eigenvalue weighted by Crippen LogP contribution is 2.32. The summed E-state index contributed by atoms with van der Waals surface area (Å²) in [7, 11) is 0. The first-order valence-corrected chi connectivity index (χ1v) is 4.42. The third-order valence-electron chi connectivity index (χ3n) is 1.91. The average molecular weight is 221 g/mol. The van der Waals surface area contributed by atoms with Gasteiger partial charge in [0.25, 0.3) is 0 Å². The van der Waals surface area contributed by atoms with Crippen LogP contribution < -0.4 is 5.73 Å². The molecule has 0 aromatic heterocycles. The molecule has 1 nitrogen and oxygen atoms in total. The van der Waals surface area contributed by atoms with Crippen molar-refractivity contribution < 1.29 is 17.6 Å². The summed E-state index contributed by atoms with van der Waals surface area (Å²) in [5.74, 6) is -0.682. The zero-order chi connectivity index (χ0) is 11.6. The number of nitrogens with two attached hydrogens (primary N) is 1. The van der Waals surface area contributed by atoms with Gasteiger partial charge in [-0.3, -0.25) is 0 Å². The van der Waals surface area contributed by atoms with Crippen LogP contribution in [0.2, 0.25) is 0 Å². The summed E-state index contributed by atoms with van der Waals surface area (Å²) in [6.45, 7) is 1.57. The summed E-state index contributed by atoms with van der Waals surface area (Å²) in [6, 6.07) is 1.99. The van der Waals surface area contributed by atoms with Gasteiger partial charge in [0.05, 0.1) is 5.56 Å². The van der Waals surface area contributed by atoms with E-state index in [-0.39, 0.29) is 12.0 Å². The maximum Gasteiger partial charge on any atom is 0.416 e. The van der Waals surface area contributed by atoms with E-state index in [0.717, 1.165) is 18.2 Å². The van der Waals surface area contributed by atoms with Crippen molar-refractivity contribution in [3.05, 3.63) is 35.1 Å². The van der Waals surface area contributed by atoms with E-state index in [0.29, 0.717) is 0 Å². The van der Waals surface area contributed by atoms with Gasteiger partial charge < -0.3 is 5.73 Å². The molecule has 1 aromatic carbocycles. The number of hydrogen-bond donors (Lipinski definition) is 1. The Morgan fingerprint density at radius 3 is 2.40 bits per heavy atom. The summed E-state index contributed by atoms with van der Waals surface area (Å²) in [6.07, 6.45) is -4.45. The molecule has 0 aliphatic heterocycles. The molecule has 0 saturated heterocycles. The molecule has 0 fully saturated rings. The van der Waals surface area contributed by atoms with E-state index in [1.165, 1.54) is 0 Å². The van der Waals surface area contributed by atoms with Crippen LogP contribution in [0, 0.1) is 5.82 Å². The van der Waals surface area contributed by atoms with Gasteiger partial charge in [-0.15, -0.1) is 0 Å².